The smallest absolute Gasteiger partial charge is 0.229 e. The Balaban J connectivity index is 1.35. The van der Waals surface area contributed by atoms with Crippen molar-refractivity contribution in [3.63, 3.8) is 0 Å². The highest BCUT2D eigenvalue weighted by atomic mass is 16.5. The van der Waals surface area contributed by atoms with E-state index >= 15 is 0 Å². The van der Waals surface area contributed by atoms with Crippen molar-refractivity contribution in [1.82, 2.24) is 24.5 Å². The Morgan fingerprint density at radius 3 is 2.64 bits per heavy atom. The number of hydrogen-bond donors (Lipinski definition) is 1. The third-order valence-corrected chi connectivity index (χ3v) is 6.93. The SMILES string of the molecule is Cc1ccc(C(C)(C)C)cc1Nc1nc(N2CCC(COc3cccnc3)CC2)nc2ncn(C)c12. The summed E-state index contributed by atoms with van der Waals surface area (Å²) in [5.41, 5.74) is 5.18. The molecule has 1 fully saturated rings. The number of benzene rings is 1. The van der Waals surface area contributed by atoms with Gasteiger partial charge < -0.3 is 19.5 Å². The maximum absolute atomic E-state index is 5.94. The van der Waals surface area contributed by atoms with Gasteiger partial charge in [0.2, 0.25) is 5.95 Å². The summed E-state index contributed by atoms with van der Waals surface area (Å²) in [6, 6.07) is 10.5. The van der Waals surface area contributed by atoms with Gasteiger partial charge in [-0.05, 0) is 60.4 Å². The summed E-state index contributed by atoms with van der Waals surface area (Å²) in [6.45, 7) is 11.3. The van der Waals surface area contributed by atoms with Gasteiger partial charge in [0, 0.05) is 32.0 Å². The van der Waals surface area contributed by atoms with Crippen molar-refractivity contribution in [2.24, 2.45) is 13.0 Å². The molecule has 1 aliphatic heterocycles. The Hall–Kier alpha value is -3.68. The molecule has 0 unspecified atom stereocenters. The highest BCUT2D eigenvalue weighted by Crippen LogP contribution is 2.32. The Morgan fingerprint density at radius 2 is 1.92 bits per heavy atom. The van der Waals surface area contributed by atoms with Crippen LogP contribution in [0.15, 0.2) is 49.1 Å². The van der Waals surface area contributed by atoms with Gasteiger partial charge in [-0.1, -0.05) is 32.9 Å². The number of imidazole rings is 1. The summed E-state index contributed by atoms with van der Waals surface area (Å²) < 4.78 is 7.92. The van der Waals surface area contributed by atoms with Crippen molar-refractivity contribution in [3.8, 4) is 5.75 Å². The van der Waals surface area contributed by atoms with Gasteiger partial charge in [-0.25, -0.2) is 4.98 Å². The number of fused-ring (bicyclic) bond motifs is 1. The summed E-state index contributed by atoms with van der Waals surface area (Å²) in [7, 11) is 1.98. The monoisotopic (exact) mass is 485 g/mol. The number of ether oxygens (including phenoxy) is 1. The largest absolute Gasteiger partial charge is 0.492 e. The standard InChI is InChI=1S/C28H35N7O/c1-19-8-9-21(28(2,3)4)15-23(19)31-26-24-25(30-18-34(24)5)32-27(33-26)35-13-10-20(11-14-35)17-36-22-7-6-12-29-16-22/h6-9,12,15-16,18,20H,10-11,13-14,17H2,1-5H3,(H,31,32,33). The lowest BCUT2D eigenvalue weighted by Gasteiger charge is -2.32. The van der Waals surface area contributed by atoms with E-state index in [1.165, 1.54) is 11.1 Å². The number of pyridine rings is 1. The highest BCUT2D eigenvalue weighted by molar-refractivity contribution is 5.87. The van der Waals surface area contributed by atoms with E-state index in [0.717, 1.165) is 54.7 Å². The predicted octanol–water partition coefficient (Wildman–Crippen LogP) is 5.40. The van der Waals surface area contributed by atoms with Gasteiger partial charge in [-0.3, -0.25) is 4.98 Å². The third-order valence-electron chi connectivity index (χ3n) is 6.93. The number of nitrogens with zero attached hydrogens (tertiary/aromatic N) is 6. The van der Waals surface area contributed by atoms with Crippen molar-refractivity contribution >= 4 is 28.6 Å². The van der Waals surface area contributed by atoms with Crippen molar-refractivity contribution < 1.29 is 4.74 Å². The molecular weight excluding hydrogens is 450 g/mol. The van der Waals surface area contributed by atoms with E-state index in [4.69, 9.17) is 14.7 Å². The summed E-state index contributed by atoms with van der Waals surface area (Å²) in [5, 5.41) is 3.62. The fraction of sp³-hybridized carbons (Fsp3) is 0.429. The fourth-order valence-electron chi connectivity index (χ4n) is 4.57. The van der Waals surface area contributed by atoms with Crippen LogP contribution in [0.1, 0.15) is 44.7 Å². The minimum Gasteiger partial charge on any atom is -0.492 e. The van der Waals surface area contributed by atoms with Crippen molar-refractivity contribution in [2.45, 2.75) is 46.0 Å². The molecule has 0 spiro atoms. The molecule has 0 aliphatic carbocycles. The van der Waals surface area contributed by atoms with Gasteiger partial charge in [0.1, 0.15) is 11.3 Å². The molecule has 1 N–H and O–H groups in total. The first-order chi connectivity index (χ1) is 17.3. The van der Waals surface area contributed by atoms with Crippen LogP contribution in [0.25, 0.3) is 11.2 Å². The van der Waals surface area contributed by atoms with Gasteiger partial charge in [0.25, 0.3) is 0 Å². The molecule has 5 rings (SSSR count). The van der Waals surface area contributed by atoms with Gasteiger partial charge in [0.15, 0.2) is 11.5 Å². The van der Waals surface area contributed by atoms with Gasteiger partial charge in [-0.2, -0.15) is 9.97 Å². The molecule has 0 amide bonds. The van der Waals surface area contributed by atoms with Gasteiger partial charge >= 0.3 is 0 Å². The zero-order valence-electron chi connectivity index (χ0n) is 21.8. The van der Waals surface area contributed by atoms with Crippen LogP contribution in [-0.2, 0) is 12.5 Å². The number of hydrogen-bond acceptors (Lipinski definition) is 7. The molecule has 0 bridgehead atoms. The molecule has 188 valence electrons. The van der Waals surface area contributed by atoms with E-state index in [1.54, 1.807) is 18.7 Å². The molecular formula is C28H35N7O. The molecule has 0 radical (unpaired) electrons. The Kier molecular flexibility index (Phi) is 6.51. The lowest BCUT2D eigenvalue weighted by Crippen LogP contribution is -2.36. The number of piperidine rings is 1. The molecule has 3 aromatic heterocycles. The molecule has 36 heavy (non-hydrogen) atoms. The molecule has 4 heterocycles. The van der Waals surface area contributed by atoms with Gasteiger partial charge in [-0.15, -0.1) is 0 Å². The minimum absolute atomic E-state index is 0.0634. The number of aromatic nitrogens is 5. The third kappa shape index (κ3) is 5.12. The first kappa shape index (κ1) is 24.0. The number of rotatable bonds is 6. The fourth-order valence-corrected chi connectivity index (χ4v) is 4.57. The van der Waals surface area contributed by atoms with Crippen LogP contribution in [0.5, 0.6) is 5.75 Å². The average molecular weight is 486 g/mol. The van der Waals surface area contributed by atoms with Crippen LogP contribution >= 0.6 is 0 Å². The molecule has 1 saturated heterocycles. The maximum Gasteiger partial charge on any atom is 0.229 e. The van der Waals surface area contributed by atoms with E-state index in [0.29, 0.717) is 18.2 Å². The topological polar surface area (TPSA) is 81.0 Å². The van der Waals surface area contributed by atoms with Crippen molar-refractivity contribution in [2.75, 3.05) is 29.9 Å². The summed E-state index contributed by atoms with van der Waals surface area (Å²) in [4.78, 5) is 20.8. The van der Waals surface area contributed by atoms with Crippen LogP contribution < -0.4 is 15.0 Å². The average Bonchev–Trinajstić information content (AvgIpc) is 3.25. The van der Waals surface area contributed by atoms with Crippen molar-refractivity contribution in [1.29, 1.82) is 0 Å². The normalized spacial score (nSPS) is 14.9. The van der Waals surface area contributed by atoms with Crippen LogP contribution in [0.2, 0.25) is 0 Å². The lowest BCUT2D eigenvalue weighted by molar-refractivity contribution is 0.222. The molecule has 4 aromatic rings. The number of anilines is 3. The van der Waals surface area contributed by atoms with E-state index in [9.17, 15) is 0 Å². The molecule has 8 nitrogen and oxygen atoms in total. The van der Waals surface area contributed by atoms with E-state index in [-0.39, 0.29) is 5.41 Å². The number of aryl methyl sites for hydroxylation is 2. The van der Waals surface area contributed by atoms with Crippen molar-refractivity contribution in [3.05, 3.63) is 60.2 Å². The first-order valence-electron chi connectivity index (χ1n) is 12.6. The Morgan fingerprint density at radius 1 is 1.11 bits per heavy atom. The van der Waals surface area contributed by atoms with Crippen LogP contribution in [0, 0.1) is 12.8 Å². The molecule has 1 aliphatic rings. The second-order valence-electron chi connectivity index (χ2n) is 10.7. The minimum atomic E-state index is 0.0634. The van der Waals surface area contributed by atoms with E-state index in [1.807, 2.05) is 23.7 Å². The zero-order chi connectivity index (χ0) is 25.3. The zero-order valence-corrected chi connectivity index (χ0v) is 21.8. The molecule has 0 saturated carbocycles. The maximum atomic E-state index is 5.94. The predicted molar refractivity (Wildman–Crippen MR) is 144 cm³/mol. The van der Waals surface area contributed by atoms with E-state index in [2.05, 4.69) is 66.1 Å². The Labute approximate surface area is 212 Å². The molecule has 0 atom stereocenters. The van der Waals surface area contributed by atoms with E-state index < -0.39 is 0 Å². The molecule has 8 heteroatoms. The first-order valence-corrected chi connectivity index (χ1v) is 12.6. The van der Waals surface area contributed by atoms with Gasteiger partial charge in [0.05, 0.1) is 19.1 Å². The van der Waals surface area contributed by atoms with Crippen LogP contribution in [0.3, 0.4) is 0 Å². The molecule has 1 aromatic carbocycles. The summed E-state index contributed by atoms with van der Waals surface area (Å²) in [5.74, 6) is 2.83. The summed E-state index contributed by atoms with van der Waals surface area (Å²) >= 11 is 0. The second kappa shape index (κ2) is 9.76. The second-order valence-corrected chi connectivity index (χ2v) is 10.7. The van der Waals surface area contributed by atoms with Crippen LogP contribution in [-0.4, -0.2) is 44.2 Å². The van der Waals surface area contributed by atoms with Crippen LogP contribution in [0.4, 0.5) is 17.5 Å². The highest BCUT2D eigenvalue weighted by Gasteiger charge is 2.24. The quantitative estimate of drug-likeness (QED) is 0.391. The number of nitrogens with one attached hydrogen (secondary N) is 1. The Bertz CT molecular complexity index is 1340. The lowest BCUT2D eigenvalue weighted by atomic mass is 9.86. The summed E-state index contributed by atoms with van der Waals surface area (Å²) in [6.07, 6.45) is 7.38.